The highest BCUT2D eigenvalue weighted by Gasteiger charge is 2.19. The molecule has 1 aliphatic carbocycles. The van der Waals surface area contributed by atoms with Crippen molar-refractivity contribution in [2.24, 2.45) is 0 Å². The summed E-state index contributed by atoms with van der Waals surface area (Å²) in [7, 11) is 0. The lowest BCUT2D eigenvalue weighted by Crippen LogP contribution is -2.06. The molecule has 0 saturated heterocycles. The van der Waals surface area contributed by atoms with Crippen molar-refractivity contribution < 1.29 is 9.90 Å². The van der Waals surface area contributed by atoms with Crippen molar-refractivity contribution >= 4 is 11.9 Å². The largest absolute Gasteiger partial charge is 0.384 e. The molecule has 0 aromatic heterocycles. The fourth-order valence-electron chi connectivity index (χ4n) is 1.41. The smallest absolute Gasteiger partial charge is 0.184 e. The lowest BCUT2D eigenvalue weighted by Gasteiger charge is -2.01. The van der Waals surface area contributed by atoms with E-state index in [-0.39, 0.29) is 5.78 Å². The molecule has 1 atom stereocenters. The maximum Gasteiger partial charge on any atom is 0.184 e. The molecule has 70 valence electrons. The first kappa shape index (κ1) is 8.91. The first-order chi connectivity index (χ1) is 6.77. The Bertz CT molecular complexity index is 402. The monoisotopic (exact) mass is 186 g/mol. The molecule has 1 unspecified atom stereocenters. The van der Waals surface area contributed by atoms with Crippen LogP contribution in [0.3, 0.4) is 0 Å². The van der Waals surface area contributed by atoms with E-state index in [9.17, 15) is 9.90 Å². The summed E-state index contributed by atoms with van der Waals surface area (Å²) in [6.45, 7) is 0. The SMILES string of the molecule is O=C1C=CC(O)/C1=C\c1ccccc1. The Balaban J connectivity index is 2.32. The van der Waals surface area contributed by atoms with Gasteiger partial charge in [-0.2, -0.15) is 0 Å². The Labute approximate surface area is 82.2 Å². The van der Waals surface area contributed by atoms with Gasteiger partial charge in [-0.05, 0) is 23.8 Å². The number of hydrogen-bond acceptors (Lipinski definition) is 2. The Kier molecular flexibility index (Phi) is 2.29. The zero-order valence-electron chi connectivity index (χ0n) is 7.55. The van der Waals surface area contributed by atoms with E-state index in [0.717, 1.165) is 5.56 Å². The summed E-state index contributed by atoms with van der Waals surface area (Å²) >= 11 is 0. The minimum Gasteiger partial charge on any atom is -0.384 e. The fourth-order valence-corrected chi connectivity index (χ4v) is 1.41. The molecular weight excluding hydrogens is 176 g/mol. The van der Waals surface area contributed by atoms with Crippen molar-refractivity contribution in [2.45, 2.75) is 6.10 Å². The molecule has 0 bridgehead atoms. The van der Waals surface area contributed by atoms with E-state index in [0.29, 0.717) is 5.57 Å². The minimum atomic E-state index is -0.747. The summed E-state index contributed by atoms with van der Waals surface area (Å²) < 4.78 is 0. The van der Waals surface area contributed by atoms with Gasteiger partial charge in [0.2, 0.25) is 0 Å². The van der Waals surface area contributed by atoms with Crippen LogP contribution in [0.1, 0.15) is 5.56 Å². The van der Waals surface area contributed by atoms with Gasteiger partial charge >= 0.3 is 0 Å². The summed E-state index contributed by atoms with van der Waals surface area (Å²) in [5, 5.41) is 9.44. The number of benzene rings is 1. The van der Waals surface area contributed by atoms with Gasteiger partial charge in [-0.25, -0.2) is 0 Å². The van der Waals surface area contributed by atoms with Crippen LogP contribution in [0.4, 0.5) is 0 Å². The van der Waals surface area contributed by atoms with Crippen LogP contribution < -0.4 is 0 Å². The maximum atomic E-state index is 11.3. The van der Waals surface area contributed by atoms with Crippen LogP contribution in [0.25, 0.3) is 6.08 Å². The highest BCUT2D eigenvalue weighted by molar-refractivity contribution is 6.10. The van der Waals surface area contributed by atoms with Gasteiger partial charge in [0.25, 0.3) is 0 Å². The molecule has 0 amide bonds. The molecule has 0 saturated carbocycles. The number of allylic oxidation sites excluding steroid dienone is 1. The fraction of sp³-hybridized carbons (Fsp3) is 0.0833. The molecule has 2 rings (SSSR count). The quantitative estimate of drug-likeness (QED) is 0.676. The Hall–Kier alpha value is -1.67. The molecule has 2 nitrogen and oxygen atoms in total. The zero-order valence-corrected chi connectivity index (χ0v) is 7.55. The van der Waals surface area contributed by atoms with E-state index in [4.69, 9.17) is 0 Å². The van der Waals surface area contributed by atoms with Crippen molar-refractivity contribution in [2.75, 3.05) is 0 Å². The summed E-state index contributed by atoms with van der Waals surface area (Å²) in [6.07, 6.45) is 3.87. The lowest BCUT2D eigenvalue weighted by molar-refractivity contribution is -0.111. The van der Waals surface area contributed by atoms with Gasteiger partial charge in [0.15, 0.2) is 5.78 Å². The van der Waals surface area contributed by atoms with Crippen LogP contribution >= 0.6 is 0 Å². The third-order valence-corrected chi connectivity index (χ3v) is 2.15. The maximum absolute atomic E-state index is 11.3. The molecule has 0 spiro atoms. The first-order valence-corrected chi connectivity index (χ1v) is 4.44. The highest BCUT2D eigenvalue weighted by Crippen LogP contribution is 2.17. The number of aliphatic hydroxyl groups excluding tert-OH is 1. The van der Waals surface area contributed by atoms with Crippen LogP contribution in [0, 0.1) is 0 Å². The first-order valence-electron chi connectivity index (χ1n) is 4.44. The molecule has 0 fully saturated rings. The third-order valence-electron chi connectivity index (χ3n) is 2.15. The van der Waals surface area contributed by atoms with E-state index in [2.05, 4.69) is 0 Å². The predicted molar refractivity (Wildman–Crippen MR) is 54.6 cm³/mol. The minimum absolute atomic E-state index is 0.110. The van der Waals surface area contributed by atoms with Crippen LogP contribution in [-0.2, 0) is 4.79 Å². The Morgan fingerprint density at radius 1 is 1.21 bits per heavy atom. The molecule has 1 aromatic rings. The number of carbonyl (C=O) groups is 1. The van der Waals surface area contributed by atoms with E-state index in [1.54, 1.807) is 6.08 Å². The summed E-state index contributed by atoms with van der Waals surface area (Å²) in [5.74, 6) is -0.110. The van der Waals surface area contributed by atoms with Gasteiger partial charge in [-0.15, -0.1) is 0 Å². The van der Waals surface area contributed by atoms with Crippen LogP contribution in [0.5, 0.6) is 0 Å². The van der Waals surface area contributed by atoms with Crippen molar-refractivity contribution in [1.29, 1.82) is 0 Å². The topological polar surface area (TPSA) is 37.3 Å². The summed E-state index contributed by atoms with van der Waals surface area (Å²) in [5.41, 5.74) is 1.37. The van der Waals surface area contributed by atoms with Crippen LogP contribution in [-0.4, -0.2) is 17.0 Å². The molecule has 0 aliphatic heterocycles. The second-order valence-electron chi connectivity index (χ2n) is 3.18. The predicted octanol–water partition coefficient (Wildman–Crippen LogP) is 1.57. The molecule has 1 N–H and O–H groups in total. The Morgan fingerprint density at radius 2 is 1.93 bits per heavy atom. The normalized spacial score (nSPS) is 23.4. The average molecular weight is 186 g/mol. The van der Waals surface area contributed by atoms with Crippen LogP contribution in [0.15, 0.2) is 48.1 Å². The second kappa shape index (κ2) is 3.60. The van der Waals surface area contributed by atoms with Gasteiger partial charge in [-0.1, -0.05) is 30.3 Å². The van der Waals surface area contributed by atoms with Gasteiger partial charge in [0, 0.05) is 5.57 Å². The molecule has 0 radical (unpaired) electrons. The molecule has 2 heteroatoms. The van der Waals surface area contributed by atoms with Crippen LogP contribution in [0.2, 0.25) is 0 Å². The van der Waals surface area contributed by atoms with E-state index in [1.807, 2.05) is 30.3 Å². The van der Waals surface area contributed by atoms with Crippen molar-refractivity contribution in [3.05, 3.63) is 53.6 Å². The molecule has 1 aromatic carbocycles. The van der Waals surface area contributed by atoms with E-state index in [1.165, 1.54) is 12.2 Å². The Morgan fingerprint density at radius 3 is 2.50 bits per heavy atom. The number of aliphatic hydroxyl groups is 1. The van der Waals surface area contributed by atoms with Crippen molar-refractivity contribution in [3.63, 3.8) is 0 Å². The highest BCUT2D eigenvalue weighted by atomic mass is 16.3. The average Bonchev–Trinajstić information content (AvgIpc) is 2.51. The summed E-state index contributed by atoms with van der Waals surface area (Å²) in [6, 6.07) is 9.49. The number of carbonyl (C=O) groups excluding carboxylic acids is 1. The molecular formula is C12H10O2. The molecule has 0 heterocycles. The second-order valence-corrected chi connectivity index (χ2v) is 3.18. The van der Waals surface area contributed by atoms with Gasteiger partial charge in [-0.3, -0.25) is 4.79 Å². The van der Waals surface area contributed by atoms with Gasteiger partial charge in [0.1, 0.15) is 6.10 Å². The van der Waals surface area contributed by atoms with Gasteiger partial charge < -0.3 is 5.11 Å². The summed E-state index contributed by atoms with van der Waals surface area (Å²) in [4.78, 5) is 11.3. The lowest BCUT2D eigenvalue weighted by atomic mass is 10.1. The number of hydrogen-bond donors (Lipinski definition) is 1. The van der Waals surface area contributed by atoms with E-state index >= 15 is 0 Å². The molecule has 14 heavy (non-hydrogen) atoms. The van der Waals surface area contributed by atoms with Gasteiger partial charge in [0.05, 0.1) is 0 Å². The standard InChI is InChI=1S/C12H10O2/c13-11-6-7-12(14)10(11)8-9-4-2-1-3-5-9/h1-8,11,13H/b10-8+. The number of ketones is 1. The van der Waals surface area contributed by atoms with Crippen molar-refractivity contribution in [1.82, 2.24) is 0 Å². The number of rotatable bonds is 1. The zero-order chi connectivity index (χ0) is 9.97. The molecule has 1 aliphatic rings. The van der Waals surface area contributed by atoms with E-state index < -0.39 is 6.10 Å². The third kappa shape index (κ3) is 1.65. The van der Waals surface area contributed by atoms with Crippen molar-refractivity contribution in [3.8, 4) is 0 Å².